The fourth-order valence-corrected chi connectivity index (χ4v) is 2.89. The van der Waals surface area contributed by atoms with Crippen LogP contribution in [0.25, 0.3) is 0 Å². The molecule has 0 aliphatic heterocycles. The van der Waals surface area contributed by atoms with Gasteiger partial charge in [-0.1, -0.05) is 60.7 Å². The molecule has 0 amide bonds. The molecule has 4 nitrogen and oxygen atoms in total. The van der Waals surface area contributed by atoms with Crippen molar-refractivity contribution >= 4 is 15.8 Å². The molecule has 1 atom stereocenters. The minimum Gasteiger partial charge on any atom is -0.292 e. The van der Waals surface area contributed by atoms with Crippen molar-refractivity contribution in [1.29, 1.82) is 0 Å². The van der Waals surface area contributed by atoms with Gasteiger partial charge in [0.25, 0.3) is 0 Å². The average molecular weight is 289 g/mol. The highest BCUT2D eigenvalue weighted by Gasteiger charge is 2.46. The highest BCUT2D eigenvalue weighted by molar-refractivity contribution is 7.91. The number of carbonyl (C=O) groups is 1. The lowest BCUT2D eigenvalue weighted by atomic mass is 9.91. The number of sulfonamides is 1. The Bertz CT molecular complexity index is 711. The van der Waals surface area contributed by atoms with Crippen LogP contribution < -0.4 is 5.14 Å². The number of rotatable bonds is 4. The van der Waals surface area contributed by atoms with Crippen LogP contribution in [0.5, 0.6) is 0 Å². The van der Waals surface area contributed by atoms with Gasteiger partial charge < -0.3 is 0 Å². The molecule has 5 heteroatoms. The summed E-state index contributed by atoms with van der Waals surface area (Å²) in [5.41, 5.74) is 0.671. The van der Waals surface area contributed by atoms with E-state index in [1.54, 1.807) is 60.7 Å². The minimum atomic E-state index is -4.11. The van der Waals surface area contributed by atoms with Crippen LogP contribution in [0.1, 0.15) is 22.8 Å². The van der Waals surface area contributed by atoms with Crippen LogP contribution in [0.2, 0.25) is 0 Å². The fraction of sp³-hybridized carbons (Fsp3) is 0.133. The summed E-state index contributed by atoms with van der Waals surface area (Å²) < 4.78 is 22.3. The molecule has 0 saturated heterocycles. The van der Waals surface area contributed by atoms with E-state index in [-0.39, 0.29) is 0 Å². The highest BCUT2D eigenvalue weighted by atomic mass is 32.2. The molecular weight excluding hydrogens is 274 g/mol. The van der Waals surface area contributed by atoms with Crippen LogP contribution in [-0.2, 0) is 14.8 Å². The summed E-state index contributed by atoms with van der Waals surface area (Å²) in [6.45, 7) is 1.34. The summed E-state index contributed by atoms with van der Waals surface area (Å²) in [6, 6.07) is 16.6. The lowest BCUT2D eigenvalue weighted by Gasteiger charge is -2.26. The number of hydrogen-bond donors (Lipinski definition) is 1. The summed E-state index contributed by atoms with van der Waals surface area (Å²) in [6.07, 6.45) is 0. The Hall–Kier alpha value is -1.98. The molecule has 104 valence electrons. The number of ketones is 1. The van der Waals surface area contributed by atoms with E-state index in [9.17, 15) is 13.2 Å². The monoisotopic (exact) mass is 289 g/mol. The molecule has 2 aromatic carbocycles. The smallest absolute Gasteiger partial charge is 0.226 e. The standard InChI is InChI=1S/C15H15NO3S/c1-15(20(16,18)19,13-10-6-3-7-11-13)14(17)12-8-4-2-5-9-12/h2-11H,1H3,(H2,16,18,19). The van der Waals surface area contributed by atoms with E-state index in [0.29, 0.717) is 11.1 Å². The van der Waals surface area contributed by atoms with Gasteiger partial charge in [0.05, 0.1) is 0 Å². The first-order chi connectivity index (χ1) is 9.37. The van der Waals surface area contributed by atoms with Gasteiger partial charge in [0.15, 0.2) is 10.5 Å². The Balaban J connectivity index is 2.64. The Labute approximate surface area is 118 Å². The van der Waals surface area contributed by atoms with Gasteiger partial charge in [-0.3, -0.25) is 4.79 Å². The molecule has 0 saturated carbocycles. The minimum absolute atomic E-state index is 0.313. The summed E-state index contributed by atoms with van der Waals surface area (Å²) in [7, 11) is -4.11. The van der Waals surface area contributed by atoms with E-state index in [1.807, 2.05) is 0 Å². The predicted octanol–water partition coefficient (Wildman–Crippen LogP) is 2.07. The maximum atomic E-state index is 12.7. The number of benzene rings is 2. The quantitative estimate of drug-likeness (QED) is 0.875. The second kappa shape index (κ2) is 5.19. The van der Waals surface area contributed by atoms with Crippen molar-refractivity contribution in [1.82, 2.24) is 0 Å². The molecule has 0 heterocycles. The van der Waals surface area contributed by atoms with Crippen molar-refractivity contribution in [2.45, 2.75) is 11.7 Å². The van der Waals surface area contributed by atoms with Crippen molar-refractivity contribution in [2.75, 3.05) is 0 Å². The lowest BCUT2D eigenvalue weighted by molar-refractivity contribution is 0.0945. The molecular formula is C15H15NO3S. The molecule has 0 aromatic heterocycles. The van der Waals surface area contributed by atoms with Crippen molar-refractivity contribution in [2.24, 2.45) is 5.14 Å². The second-order valence-electron chi connectivity index (χ2n) is 4.64. The molecule has 20 heavy (non-hydrogen) atoms. The fourth-order valence-electron chi connectivity index (χ4n) is 2.05. The third-order valence-corrected chi connectivity index (χ3v) is 4.92. The number of hydrogen-bond acceptors (Lipinski definition) is 3. The molecule has 0 fully saturated rings. The van der Waals surface area contributed by atoms with Crippen LogP contribution in [0, 0.1) is 0 Å². The van der Waals surface area contributed by atoms with Gasteiger partial charge in [-0.25, -0.2) is 13.6 Å². The summed E-state index contributed by atoms with van der Waals surface area (Å²) in [5, 5.41) is 5.34. The zero-order valence-electron chi connectivity index (χ0n) is 11.0. The summed E-state index contributed by atoms with van der Waals surface area (Å²) in [4.78, 5) is 12.7. The second-order valence-corrected chi connectivity index (χ2v) is 6.55. The molecule has 0 bridgehead atoms. The van der Waals surface area contributed by atoms with Crippen molar-refractivity contribution in [3.05, 3.63) is 71.8 Å². The number of carbonyl (C=O) groups excluding carboxylic acids is 1. The largest absolute Gasteiger partial charge is 0.292 e. The zero-order chi connectivity index (χ0) is 14.8. The van der Waals surface area contributed by atoms with Crippen molar-refractivity contribution in [3.63, 3.8) is 0 Å². The van der Waals surface area contributed by atoms with Gasteiger partial charge in [-0.15, -0.1) is 0 Å². The van der Waals surface area contributed by atoms with E-state index < -0.39 is 20.6 Å². The van der Waals surface area contributed by atoms with Gasteiger partial charge in [0, 0.05) is 5.56 Å². The number of Topliss-reactive ketones (excluding diaryl/α,β-unsaturated/α-hetero) is 1. The Morgan fingerprint density at radius 2 is 1.40 bits per heavy atom. The topological polar surface area (TPSA) is 77.2 Å². The van der Waals surface area contributed by atoms with Crippen LogP contribution in [0.3, 0.4) is 0 Å². The molecule has 0 radical (unpaired) electrons. The maximum Gasteiger partial charge on any atom is 0.226 e. The Kier molecular flexibility index (Phi) is 3.74. The maximum absolute atomic E-state index is 12.7. The van der Waals surface area contributed by atoms with Crippen molar-refractivity contribution in [3.8, 4) is 0 Å². The first kappa shape index (κ1) is 14.4. The SMILES string of the molecule is CC(C(=O)c1ccccc1)(c1ccccc1)S(N)(=O)=O. The molecule has 0 aliphatic carbocycles. The van der Waals surface area contributed by atoms with Gasteiger partial charge in [-0.05, 0) is 12.5 Å². The lowest BCUT2D eigenvalue weighted by Crippen LogP contribution is -2.45. The highest BCUT2D eigenvalue weighted by Crippen LogP contribution is 2.32. The molecule has 2 N–H and O–H groups in total. The first-order valence-electron chi connectivity index (χ1n) is 6.05. The van der Waals surface area contributed by atoms with Crippen LogP contribution in [-0.4, -0.2) is 14.2 Å². The number of primary sulfonamides is 1. The van der Waals surface area contributed by atoms with Gasteiger partial charge >= 0.3 is 0 Å². The van der Waals surface area contributed by atoms with Crippen LogP contribution in [0.15, 0.2) is 60.7 Å². The third kappa shape index (κ3) is 2.37. The average Bonchev–Trinajstić information content (AvgIpc) is 2.46. The van der Waals surface area contributed by atoms with E-state index >= 15 is 0 Å². The molecule has 2 rings (SSSR count). The van der Waals surface area contributed by atoms with Crippen LogP contribution >= 0.6 is 0 Å². The van der Waals surface area contributed by atoms with E-state index in [1.165, 1.54) is 6.92 Å². The predicted molar refractivity (Wildman–Crippen MR) is 77.7 cm³/mol. The van der Waals surface area contributed by atoms with E-state index in [0.717, 1.165) is 0 Å². The normalized spacial score (nSPS) is 14.5. The Morgan fingerprint density at radius 3 is 1.85 bits per heavy atom. The third-order valence-electron chi connectivity index (χ3n) is 3.36. The number of nitrogens with two attached hydrogens (primary N) is 1. The molecule has 1 unspecified atom stereocenters. The Morgan fingerprint density at radius 1 is 0.950 bits per heavy atom. The molecule has 0 aliphatic rings. The van der Waals surface area contributed by atoms with Crippen LogP contribution in [0.4, 0.5) is 0 Å². The van der Waals surface area contributed by atoms with Gasteiger partial charge in [0.2, 0.25) is 10.0 Å². The summed E-state index contributed by atoms with van der Waals surface area (Å²) in [5.74, 6) is -0.535. The first-order valence-corrected chi connectivity index (χ1v) is 7.59. The van der Waals surface area contributed by atoms with E-state index in [2.05, 4.69) is 0 Å². The van der Waals surface area contributed by atoms with E-state index in [4.69, 9.17) is 5.14 Å². The zero-order valence-corrected chi connectivity index (χ0v) is 11.8. The van der Waals surface area contributed by atoms with Crippen molar-refractivity contribution < 1.29 is 13.2 Å². The molecule has 2 aromatic rings. The molecule has 0 spiro atoms. The van der Waals surface area contributed by atoms with Gasteiger partial charge in [-0.2, -0.15) is 0 Å². The van der Waals surface area contributed by atoms with Gasteiger partial charge in [0.1, 0.15) is 0 Å². The summed E-state index contributed by atoms with van der Waals surface area (Å²) >= 11 is 0.